The Balaban J connectivity index is 1.93. The molecule has 2 rings (SSSR count). The lowest BCUT2D eigenvalue weighted by Crippen LogP contribution is -2.32. The Bertz CT molecular complexity index is 332. The number of hydrogen-bond donors (Lipinski definition) is 1. The van der Waals surface area contributed by atoms with Crippen LogP contribution in [0.3, 0.4) is 0 Å². The summed E-state index contributed by atoms with van der Waals surface area (Å²) in [6.07, 6.45) is 8.65. The average molecular weight is 219 g/mol. The third kappa shape index (κ3) is 2.95. The van der Waals surface area contributed by atoms with Crippen LogP contribution < -0.4 is 5.73 Å². The Hall–Kier alpha value is -1.09. The van der Waals surface area contributed by atoms with Gasteiger partial charge in [0.05, 0.1) is 0 Å². The van der Waals surface area contributed by atoms with Crippen LogP contribution in [0.4, 0.5) is 5.82 Å². The van der Waals surface area contributed by atoms with Crippen LogP contribution in [0.15, 0.2) is 18.3 Å². The second-order valence-corrected chi connectivity index (χ2v) is 4.80. The van der Waals surface area contributed by atoms with Crippen LogP contribution in [0.5, 0.6) is 0 Å². The van der Waals surface area contributed by atoms with Crippen molar-refractivity contribution in [2.24, 2.45) is 0 Å². The molecule has 0 aromatic carbocycles. The van der Waals surface area contributed by atoms with Crippen LogP contribution in [0.2, 0.25) is 0 Å². The summed E-state index contributed by atoms with van der Waals surface area (Å²) in [6.45, 7) is 0.984. The molecule has 1 aromatic heterocycles. The topological polar surface area (TPSA) is 42.2 Å². The Morgan fingerprint density at radius 2 is 2.12 bits per heavy atom. The molecule has 1 aliphatic rings. The van der Waals surface area contributed by atoms with Crippen molar-refractivity contribution in [1.82, 2.24) is 9.88 Å². The highest BCUT2D eigenvalue weighted by Crippen LogP contribution is 2.22. The molecule has 88 valence electrons. The maximum Gasteiger partial charge on any atom is 0.123 e. The van der Waals surface area contributed by atoms with Crippen molar-refractivity contribution < 1.29 is 0 Å². The minimum Gasteiger partial charge on any atom is -0.384 e. The molecular formula is C13H21N3. The van der Waals surface area contributed by atoms with E-state index in [0.29, 0.717) is 5.82 Å². The van der Waals surface area contributed by atoms with Gasteiger partial charge in [0, 0.05) is 18.8 Å². The number of nitrogens with zero attached hydrogens (tertiary/aromatic N) is 2. The maximum atomic E-state index is 5.68. The summed E-state index contributed by atoms with van der Waals surface area (Å²) in [6, 6.07) is 4.78. The van der Waals surface area contributed by atoms with Crippen molar-refractivity contribution in [3.8, 4) is 0 Å². The zero-order chi connectivity index (χ0) is 11.4. The fourth-order valence-corrected chi connectivity index (χ4v) is 2.53. The summed E-state index contributed by atoms with van der Waals surface area (Å²) in [5.74, 6) is 0.620. The van der Waals surface area contributed by atoms with Crippen molar-refractivity contribution in [2.45, 2.75) is 44.7 Å². The van der Waals surface area contributed by atoms with Crippen LogP contribution in [-0.2, 0) is 6.54 Å². The first kappa shape index (κ1) is 11.4. The normalized spacial score (nSPS) is 17.9. The smallest absolute Gasteiger partial charge is 0.123 e. The van der Waals surface area contributed by atoms with Crippen LogP contribution in [0.25, 0.3) is 0 Å². The molecule has 0 saturated heterocycles. The number of pyridine rings is 1. The standard InChI is InChI=1S/C13H21N3/c1-16(12-5-3-2-4-6-12)10-11-7-8-15-13(14)9-11/h7-9,12H,2-6,10H2,1H3,(H2,14,15). The van der Waals surface area contributed by atoms with Gasteiger partial charge in [0.25, 0.3) is 0 Å². The quantitative estimate of drug-likeness (QED) is 0.849. The molecule has 1 fully saturated rings. The summed E-state index contributed by atoms with van der Waals surface area (Å²) >= 11 is 0. The summed E-state index contributed by atoms with van der Waals surface area (Å²) in [5.41, 5.74) is 6.95. The number of nitrogens with two attached hydrogens (primary N) is 1. The molecular weight excluding hydrogens is 198 g/mol. The van der Waals surface area contributed by atoms with E-state index in [-0.39, 0.29) is 0 Å². The number of nitrogen functional groups attached to an aromatic ring is 1. The van der Waals surface area contributed by atoms with Crippen molar-refractivity contribution in [1.29, 1.82) is 0 Å². The molecule has 0 spiro atoms. The Labute approximate surface area is 97.7 Å². The lowest BCUT2D eigenvalue weighted by molar-refractivity contribution is 0.184. The van der Waals surface area contributed by atoms with Gasteiger partial charge < -0.3 is 5.73 Å². The predicted octanol–water partition coefficient (Wildman–Crippen LogP) is 2.43. The third-order valence-corrected chi connectivity index (χ3v) is 3.48. The highest BCUT2D eigenvalue weighted by molar-refractivity contribution is 5.31. The summed E-state index contributed by atoms with van der Waals surface area (Å²) in [7, 11) is 2.21. The van der Waals surface area contributed by atoms with Crippen molar-refractivity contribution >= 4 is 5.82 Å². The largest absolute Gasteiger partial charge is 0.384 e. The van der Waals surface area contributed by atoms with E-state index in [1.807, 2.05) is 6.07 Å². The number of rotatable bonds is 3. The minimum absolute atomic E-state index is 0.620. The highest BCUT2D eigenvalue weighted by atomic mass is 15.1. The molecule has 0 amide bonds. The number of hydrogen-bond acceptors (Lipinski definition) is 3. The number of aromatic nitrogens is 1. The molecule has 1 aliphatic carbocycles. The lowest BCUT2D eigenvalue weighted by atomic mass is 9.94. The molecule has 0 radical (unpaired) electrons. The molecule has 0 bridgehead atoms. The summed E-state index contributed by atoms with van der Waals surface area (Å²) in [5, 5.41) is 0. The molecule has 1 saturated carbocycles. The molecule has 2 N–H and O–H groups in total. The van der Waals surface area contributed by atoms with Gasteiger partial charge >= 0.3 is 0 Å². The van der Waals surface area contributed by atoms with E-state index in [1.165, 1.54) is 37.7 Å². The highest BCUT2D eigenvalue weighted by Gasteiger charge is 2.17. The van der Waals surface area contributed by atoms with Crippen molar-refractivity contribution in [3.63, 3.8) is 0 Å². The maximum absolute atomic E-state index is 5.68. The molecule has 3 nitrogen and oxygen atoms in total. The Kier molecular flexibility index (Phi) is 3.78. The Morgan fingerprint density at radius 3 is 2.81 bits per heavy atom. The van der Waals surface area contributed by atoms with Crippen molar-refractivity contribution in [3.05, 3.63) is 23.9 Å². The molecule has 0 unspecified atom stereocenters. The van der Waals surface area contributed by atoms with E-state index in [4.69, 9.17) is 5.73 Å². The molecule has 16 heavy (non-hydrogen) atoms. The van der Waals surface area contributed by atoms with Gasteiger partial charge in [0.2, 0.25) is 0 Å². The van der Waals surface area contributed by atoms with E-state index in [2.05, 4.69) is 23.0 Å². The monoisotopic (exact) mass is 219 g/mol. The van der Waals surface area contributed by atoms with Gasteiger partial charge in [-0.25, -0.2) is 4.98 Å². The van der Waals surface area contributed by atoms with Crippen LogP contribution in [0, 0.1) is 0 Å². The van der Waals surface area contributed by atoms with Crippen LogP contribution in [-0.4, -0.2) is 23.0 Å². The molecule has 1 heterocycles. The zero-order valence-electron chi connectivity index (χ0n) is 10.0. The van der Waals surface area contributed by atoms with E-state index in [9.17, 15) is 0 Å². The predicted molar refractivity (Wildman–Crippen MR) is 67.0 cm³/mol. The van der Waals surface area contributed by atoms with E-state index in [0.717, 1.165) is 12.6 Å². The average Bonchev–Trinajstić information content (AvgIpc) is 2.30. The summed E-state index contributed by atoms with van der Waals surface area (Å²) in [4.78, 5) is 6.47. The van der Waals surface area contributed by atoms with Gasteiger partial charge in [-0.15, -0.1) is 0 Å². The van der Waals surface area contributed by atoms with Crippen LogP contribution in [0.1, 0.15) is 37.7 Å². The minimum atomic E-state index is 0.620. The fourth-order valence-electron chi connectivity index (χ4n) is 2.53. The second-order valence-electron chi connectivity index (χ2n) is 4.80. The van der Waals surface area contributed by atoms with Gasteiger partial charge in [0.1, 0.15) is 5.82 Å². The molecule has 0 aliphatic heterocycles. The first-order valence-corrected chi connectivity index (χ1v) is 6.16. The first-order valence-electron chi connectivity index (χ1n) is 6.16. The first-order chi connectivity index (χ1) is 7.75. The lowest BCUT2D eigenvalue weighted by Gasteiger charge is -2.31. The molecule has 0 atom stereocenters. The molecule has 3 heteroatoms. The molecule has 1 aromatic rings. The van der Waals surface area contributed by atoms with Gasteiger partial charge in [-0.1, -0.05) is 19.3 Å². The van der Waals surface area contributed by atoms with Crippen molar-refractivity contribution in [2.75, 3.05) is 12.8 Å². The fraction of sp³-hybridized carbons (Fsp3) is 0.615. The summed E-state index contributed by atoms with van der Waals surface area (Å²) < 4.78 is 0. The third-order valence-electron chi connectivity index (χ3n) is 3.48. The SMILES string of the molecule is CN(Cc1ccnc(N)c1)C1CCCCC1. The van der Waals surface area contributed by atoms with Gasteiger partial charge in [0.15, 0.2) is 0 Å². The van der Waals surface area contributed by atoms with Gasteiger partial charge in [-0.3, -0.25) is 4.90 Å². The van der Waals surface area contributed by atoms with Gasteiger partial charge in [-0.2, -0.15) is 0 Å². The van der Waals surface area contributed by atoms with E-state index >= 15 is 0 Å². The number of anilines is 1. The zero-order valence-corrected chi connectivity index (χ0v) is 10.0. The van der Waals surface area contributed by atoms with Crippen LogP contribution >= 0.6 is 0 Å². The van der Waals surface area contributed by atoms with Gasteiger partial charge in [-0.05, 0) is 37.6 Å². The van der Waals surface area contributed by atoms with E-state index < -0.39 is 0 Å². The Morgan fingerprint density at radius 1 is 1.38 bits per heavy atom. The second kappa shape index (κ2) is 5.30. The van der Waals surface area contributed by atoms with E-state index in [1.54, 1.807) is 6.20 Å².